The summed E-state index contributed by atoms with van der Waals surface area (Å²) in [6.07, 6.45) is 3.02. The van der Waals surface area contributed by atoms with E-state index >= 15 is 0 Å². The van der Waals surface area contributed by atoms with Crippen LogP contribution >= 0.6 is 0 Å². The molecule has 0 saturated heterocycles. The standard InChI is InChI=1S/C12H21N3O2S/c1-2-15(11-12-7-3-5-9-14-12)18(16,17)10-6-4-8-13/h3,5,7,9H,2,4,6,8,10-11,13H2,1H3. The van der Waals surface area contributed by atoms with Crippen molar-refractivity contribution in [2.75, 3.05) is 18.8 Å². The van der Waals surface area contributed by atoms with Crippen molar-refractivity contribution in [3.63, 3.8) is 0 Å². The first-order chi connectivity index (χ1) is 8.60. The highest BCUT2D eigenvalue weighted by atomic mass is 32.2. The molecule has 0 aliphatic rings. The third-order valence-electron chi connectivity index (χ3n) is 2.67. The second kappa shape index (κ2) is 7.45. The minimum Gasteiger partial charge on any atom is -0.330 e. The van der Waals surface area contributed by atoms with Crippen LogP contribution in [0.3, 0.4) is 0 Å². The van der Waals surface area contributed by atoms with Gasteiger partial charge in [0.25, 0.3) is 0 Å². The normalized spacial score (nSPS) is 11.9. The first kappa shape index (κ1) is 15.1. The highest BCUT2D eigenvalue weighted by Crippen LogP contribution is 2.09. The van der Waals surface area contributed by atoms with E-state index in [1.165, 1.54) is 4.31 Å². The van der Waals surface area contributed by atoms with Gasteiger partial charge in [-0.3, -0.25) is 4.98 Å². The summed E-state index contributed by atoms with van der Waals surface area (Å²) >= 11 is 0. The van der Waals surface area contributed by atoms with Gasteiger partial charge in [0, 0.05) is 12.7 Å². The van der Waals surface area contributed by atoms with Crippen LogP contribution in [0.25, 0.3) is 0 Å². The number of nitrogens with two attached hydrogens (primary N) is 1. The average molecular weight is 271 g/mol. The molecular weight excluding hydrogens is 250 g/mol. The molecule has 0 unspecified atom stereocenters. The molecule has 0 amide bonds. The quantitative estimate of drug-likeness (QED) is 0.715. The topological polar surface area (TPSA) is 76.3 Å². The zero-order chi connectivity index (χ0) is 13.4. The maximum atomic E-state index is 12.1. The Morgan fingerprint density at radius 3 is 2.67 bits per heavy atom. The molecule has 0 aromatic carbocycles. The fourth-order valence-corrected chi connectivity index (χ4v) is 3.19. The summed E-state index contributed by atoms with van der Waals surface area (Å²) in [5.41, 5.74) is 6.14. The molecular formula is C12H21N3O2S. The fraction of sp³-hybridized carbons (Fsp3) is 0.583. The molecule has 18 heavy (non-hydrogen) atoms. The van der Waals surface area contributed by atoms with E-state index in [0.717, 1.165) is 12.1 Å². The largest absolute Gasteiger partial charge is 0.330 e. The molecule has 1 aromatic heterocycles. The van der Waals surface area contributed by atoms with Gasteiger partial charge in [-0.25, -0.2) is 8.42 Å². The third kappa shape index (κ3) is 4.72. The van der Waals surface area contributed by atoms with E-state index in [4.69, 9.17) is 5.73 Å². The Hall–Kier alpha value is -0.980. The smallest absolute Gasteiger partial charge is 0.214 e. The monoisotopic (exact) mass is 271 g/mol. The number of sulfonamides is 1. The summed E-state index contributed by atoms with van der Waals surface area (Å²) in [6, 6.07) is 5.50. The fourth-order valence-electron chi connectivity index (χ4n) is 1.64. The van der Waals surface area contributed by atoms with Crippen molar-refractivity contribution in [2.24, 2.45) is 5.73 Å². The lowest BCUT2D eigenvalue weighted by molar-refractivity contribution is 0.418. The molecule has 0 spiro atoms. The number of hydrogen-bond acceptors (Lipinski definition) is 4. The lowest BCUT2D eigenvalue weighted by atomic mass is 10.3. The van der Waals surface area contributed by atoms with Crippen LogP contribution in [0.5, 0.6) is 0 Å². The van der Waals surface area contributed by atoms with E-state index in [2.05, 4.69) is 4.98 Å². The van der Waals surface area contributed by atoms with Gasteiger partial charge >= 0.3 is 0 Å². The molecule has 0 atom stereocenters. The third-order valence-corrected chi connectivity index (χ3v) is 4.65. The summed E-state index contributed by atoms with van der Waals surface area (Å²) < 4.78 is 25.7. The summed E-state index contributed by atoms with van der Waals surface area (Å²) in [5.74, 6) is 0.158. The summed E-state index contributed by atoms with van der Waals surface area (Å²) in [6.45, 7) is 3.16. The molecule has 2 N–H and O–H groups in total. The van der Waals surface area contributed by atoms with Crippen molar-refractivity contribution in [1.29, 1.82) is 0 Å². The molecule has 1 rings (SSSR count). The van der Waals surface area contributed by atoms with Crippen LogP contribution in [0.4, 0.5) is 0 Å². The Kier molecular flexibility index (Phi) is 6.24. The molecule has 0 aliphatic carbocycles. The molecule has 5 nitrogen and oxygen atoms in total. The van der Waals surface area contributed by atoms with Gasteiger partial charge in [0.05, 0.1) is 18.0 Å². The number of rotatable bonds is 8. The Morgan fingerprint density at radius 2 is 2.11 bits per heavy atom. The van der Waals surface area contributed by atoms with Crippen molar-refractivity contribution >= 4 is 10.0 Å². The Morgan fingerprint density at radius 1 is 1.33 bits per heavy atom. The van der Waals surface area contributed by atoms with Gasteiger partial charge in [-0.15, -0.1) is 0 Å². The maximum absolute atomic E-state index is 12.1. The second-order valence-corrected chi connectivity index (χ2v) is 6.15. The second-order valence-electron chi connectivity index (χ2n) is 4.06. The summed E-state index contributed by atoms with van der Waals surface area (Å²) in [5, 5.41) is 0. The highest BCUT2D eigenvalue weighted by molar-refractivity contribution is 7.89. The molecule has 0 fully saturated rings. The van der Waals surface area contributed by atoms with Crippen molar-refractivity contribution in [3.8, 4) is 0 Å². The van der Waals surface area contributed by atoms with E-state index in [-0.39, 0.29) is 5.75 Å². The summed E-state index contributed by atoms with van der Waals surface area (Å²) in [4.78, 5) is 4.15. The first-order valence-electron chi connectivity index (χ1n) is 6.18. The number of unbranched alkanes of at least 4 members (excludes halogenated alkanes) is 1. The lowest BCUT2D eigenvalue weighted by Crippen LogP contribution is -2.32. The van der Waals surface area contributed by atoms with Gasteiger partial charge in [0.2, 0.25) is 10.0 Å². The van der Waals surface area contributed by atoms with Crippen molar-refractivity contribution in [2.45, 2.75) is 26.3 Å². The van der Waals surface area contributed by atoms with Crippen molar-refractivity contribution in [1.82, 2.24) is 9.29 Å². The Bertz CT molecular complexity index is 434. The zero-order valence-corrected chi connectivity index (χ0v) is 11.6. The highest BCUT2D eigenvalue weighted by Gasteiger charge is 2.20. The Labute approximate surface area is 109 Å². The lowest BCUT2D eigenvalue weighted by Gasteiger charge is -2.19. The van der Waals surface area contributed by atoms with E-state index in [1.54, 1.807) is 6.20 Å². The van der Waals surface area contributed by atoms with Crippen LogP contribution in [-0.4, -0.2) is 36.5 Å². The van der Waals surface area contributed by atoms with Crippen LogP contribution in [0.1, 0.15) is 25.5 Å². The minimum absolute atomic E-state index is 0.158. The Balaban J connectivity index is 2.65. The van der Waals surface area contributed by atoms with Crippen molar-refractivity contribution in [3.05, 3.63) is 30.1 Å². The van der Waals surface area contributed by atoms with Crippen LogP contribution < -0.4 is 5.73 Å². The predicted octanol–water partition coefficient (Wildman–Crippen LogP) is 0.972. The molecule has 1 heterocycles. The number of hydrogen-bond donors (Lipinski definition) is 1. The zero-order valence-electron chi connectivity index (χ0n) is 10.7. The SMILES string of the molecule is CCN(Cc1ccccn1)S(=O)(=O)CCCCN. The first-order valence-corrected chi connectivity index (χ1v) is 7.79. The number of aromatic nitrogens is 1. The van der Waals surface area contributed by atoms with Crippen LogP contribution in [-0.2, 0) is 16.6 Å². The van der Waals surface area contributed by atoms with E-state index in [9.17, 15) is 8.42 Å². The summed E-state index contributed by atoms with van der Waals surface area (Å²) in [7, 11) is -3.21. The van der Waals surface area contributed by atoms with E-state index in [1.807, 2.05) is 25.1 Å². The van der Waals surface area contributed by atoms with Crippen LogP contribution in [0.15, 0.2) is 24.4 Å². The minimum atomic E-state index is -3.21. The van der Waals surface area contributed by atoms with Crippen molar-refractivity contribution < 1.29 is 8.42 Å². The average Bonchev–Trinajstić information content (AvgIpc) is 2.37. The van der Waals surface area contributed by atoms with E-state index < -0.39 is 10.0 Å². The van der Waals surface area contributed by atoms with Gasteiger partial charge in [0.15, 0.2) is 0 Å². The molecule has 0 radical (unpaired) electrons. The van der Waals surface area contributed by atoms with E-state index in [0.29, 0.717) is 26.1 Å². The predicted molar refractivity (Wildman–Crippen MR) is 72.4 cm³/mol. The number of pyridine rings is 1. The molecule has 0 bridgehead atoms. The van der Waals surface area contributed by atoms with Gasteiger partial charge in [-0.1, -0.05) is 13.0 Å². The van der Waals surface area contributed by atoms with Crippen LogP contribution in [0, 0.1) is 0 Å². The van der Waals surface area contributed by atoms with Gasteiger partial charge in [-0.2, -0.15) is 4.31 Å². The maximum Gasteiger partial charge on any atom is 0.214 e. The van der Waals surface area contributed by atoms with Gasteiger partial charge < -0.3 is 5.73 Å². The molecule has 0 saturated carbocycles. The molecule has 1 aromatic rings. The van der Waals surface area contributed by atoms with Gasteiger partial charge in [0.1, 0.15) is 0 Å². The van der Waals surface area contributed by atoms with Gasteiger partial charge in [-0.05, 0) is 31.5 Å². The number of nitrogens with zero attached hydrogens (tertiary/aromatic N) is 2. The molecule has 0 aliphatic heterocycles. The van der Waals surface area contributed by atoms with Crippen LogP contribution in [0.2, 0.25) is 0 Å². The molecule has 6 heteroatoms. The molecule has 102 valence electrons.